The van der Waals surface area contributed by atoms with Crippen molar-refractivity contribution in [1.29, 1.82) is 0 Å². The number of amides is 1. The van der Waals surface area contributed by atoms with E-state index in [2.05, 4.69) is 20.6 Å². The van der Waals surface area contributed by atoms with Crippen molar-refractivity contribution in [2.45, 2.75) is 33.0 Å². The first-order valence-electron chi connectivity index (χ1n) is 6.59. The lowest BCUT2D eigenvalue weighted by molar-refractivity contribution is -0.116. The van der Waals surface area contributed by atoms with Crippen LogP contribution in [0.15, 0.2) is 24.5 Å². The van der Waals surface area contributed by atoms with Crippen LogP contribution in [0.1, 0.15) is 19.5 Å². The molecule has 0 saturated heterocycles. The van der Waals surface area contributed by atoms with Crippen molar-refractivity contribution in [3.8, 4) is 5.88 Å². The second kappa shape index (κ2) is 6.80. The molecule has 2 heterocycles. The van der Waals surface area contributed by atoms with E-state index in [1.165, 1.54) is 4.68 Å². The first-order chi connectivity index (χ1) is 10.1. The van der Waals surface area contributed by atoms with Crippen LogP contribution in [0.4, 0.5) is 5.69 Å². The Morgan fingerprint density at radius 2 is 2.33 bits per heavy atom. The Morgan fingerprint density at radius 3 is 3.00 bits per heavy atom. The Morgan fingerprint density at radius 1 is 1.52 bits per heavy atom. The fraction of sp³-hybridized carbons (Fsp3) is 0.385. The third-order valence-corrected chi connectivity index (χ3v) is 2.49. The van der Waals surface area contributed by atoms with Crippen molar-refractivity contribution < 1.29 is 9.53 Å². The predicted molar refractivity (Wildman–Crippen MR) is 76.5 cm³/mol. The van der Waals surface area contributed by atoms with Gasteiger partial charge in [-0.2, -0.15) is 0 Å². The Balaban J connectivity index is 2.02. The normalized spacial score (nSPS) is 10.7. The van der Waals surface area contributed by atoms with Crippen LogP contribution in [0, 0.1) is 0 Å². The minimum absolute atomic E-state index is 0.0296. The molecule has 2 rings (SSSR count). The fourth-order valence-electron chi connectivity index (χ4n) is 1.65. The number of nitrogens with two attached hydrogens (primary N) is 1. The molecule has 2 aromatic heterocycles. The Hall–Kier alpha value is -2.48. The summed E-state index contributed by atoms with van der Waals surface area (Å²) in [5.74, 6) is 0.146. The number of hydrogen-bond acceptors (Lipinski definition) is 6. The van der Waals surface area contributed by atoms with Gasteiger partial charge < -0.3 is 15.8 Å². The number of carbonyl (C=O) groups excluding carboxylic acids is 1. The molecule has 0 aliphatic carbocycles. The van der Waals surface area contributed by atoms with Crippen LogP contribution < -0.4 is 15.8 Å². The molecule has 21 heavy (non-hydrogen) atoms. The molecular formula is C13H18N6O2. The zero-order valence-electron chi connectivity index (χ0n) is 12.0. The van der Waals surface area contributed by atoms with Gasteiger partial charge in [-0.15, -0.1) is 5.10 Å². The van der Waals surface area contributed by atoms with E-state index in [0.717, 1.165) is 0 Å². The second-order valence-electron chi connectivity index (χ2n) is 4.68. The molecule has 0 radical (unpaired) electrons. The van der Waals surface area contributed by atoms with Crippen molar-refractivity contribution in [3.63, 3.8) is 0 Å². The highest BCUT2D eigenvalue weighted by Gasteiger charge is 2.11. The third kappa shape index (κ3) is 4.25. The van der Waals surface area contributed by atoms with Crippen LogP contribution in [-0.2, 0) is 17.9 Å². The third-order valence-electron chi connectivity index (χ3n) is 2.49. The van der Waals surface area contributed by atoms with Crippen LogP contribution in [0.5, 0.6) is 5.88 Å². The van der Waals surface area contributed by atoms with E-state index in [0.29, 0.717) is 17.3 Å². The topological polar surface area (TPSA) is 108 Å². The minimum atomic E-state index is -0.245. The summed E-state index contributed by atoms with van der Waals surface area (Å²) < 4.78 is 6.97. The van der Waals surface area contributed by atoms with E-state index < -0.39 is 0 Å². The molecule has 0 saturated carbocycles. The molecule has 8 nitrogen and oxygen atoms in total. The number of ether oxygens (including phenoxy) is 1. The number of aromatic nitrogens is 4. The maximum Gasteiger partial charge on any atom is 0.246 e. The molecule has 8 heteroatoms. The summed E-state index contributed by atoms with van der Waals surface area (Å²) >= 11 is 0. The van der Waals surface area contributed by atoms with Gasteiger partial charge in [0.1, 0.15) is 12.2 Å². The molecule has 0 spiro atoms. The van der Waals surface area contributed by atoms with Crippen LogP contribution in [0.2, 0.25) is 0 Å². The number of pyridine rings is 1. The lowest BCUT2D eigenvalue weighted by Gasteiger charge is -2.13. The van der Waals surface area contributed by atoms with Gasteiger partial charge in [-0.3, -0.25) is 4.79 Å². The molecule has 3 N–H and O–H groups in total. The smallest absolute Gasteiger partial charge is 0.246 e. The molecule has 0 aliphatic rings. The molecule has 0 bridgehead atoms. The van der Waals surface area contributed by atoms with Gasteiger partial charge in [-0.1, -0.05) is 5.21 Å². The maximum absolute atomic E-state index is 12.0. The van der Waals surface area contributed by atoms with E-state index in [1.807, 2.05) is 13.8 Å². The zero-order chi connectivity index (χ0) is 15.2. The van der Waals surface area contributed by atoms with Crippen molar-refractivity contribution >= 4 is 11.6 Å². The van der Waals surface area contributed by atoms with Gasteiger partial charge in [0.25, 0.3) is 0 Å². The van der Waals surface area contributed by atoms with E-state index in [1.54, 1.807) is 24.5 Å². The first kappa shape index (κ1) is 14.9. The SMILES string of the molecule is CC(C)Oc1ncccc1NC(=O)Cn1cc(CN)nn1. The average molecular weight is 290 g/mol. The highest BCUT2D eigenvalue weighted by Crippen LogP contribution is 2.21. The number of anilines is 1. The van der Waals surface area contributed by atoms with Gasteiger partial charge >= 0.3 is 0 Å². The number of nitrogens with one attached hydrogen (secondary N) is 1. The Labute approximate surface area is 122 Å². The maximum atomic E-state index is 12.0. The van der Waals surface area contributed by atoms with Crippen LogP contribution in [0.25, 0.3) is 0 Å². The van der Waals surface area contributed by atoms with Gasteiger partial charge in [0, 0.05) is 12.7 Å². The average Bonchev–Trinajstić information content (AvgIpc) is 2.88. The van der Waals surface area contributed by atoms with E-state index in [4.69, 9.17) is 10.5 Å². The Kier molecular flexibility index (Phi) is 4.83. The van der Waals surface area contributed by atoms with E-state index in [-0.39, 0.29) is 25.1 Å². The highest BCUT2D eigenvalue weighted by molar-refractivity contribution is 5.91. The number of rotatable bonds is 6. The van der Waals surface area contributed by atoms with Gasteiger partial charge in [0.15, 0.2) is 0 Å². The van der Waals surface area contributed by atoms with Gasteiger partial charge in [-0.05, 0) is 26.0 Å². The predicted octanol–water partition coefficient (Wildman–Crippen LogP) is 0.558. The molecule has 1 amide bonds. The van der Waals surface area contributed by atoms with Gasteiger partial charge in [0.2, 0.25) is 11.8 Å². The molecule has 0 fully saturated rings. The van der Waals surface area contributed by atoms with Crippen molar-refractivity contribution in [2.24, 2.45) is 5.73 Å². The summed E-state index contributed by atoms with van der Waals surface area (Å²) in [6.07, 6.45) is 3.21. The quantitative estimate of drug-likeness (QED) is 0.804. The van der Waals surface area contributed by atoms with Gasteiger partial charge in [0.05, 0.1) is 18.0 Å². The molecule has 0 aliphatic heterocycles. The number of carbonyl (C=O) groups is 1. The highest BCUT2D eigenvalue weighted by atomic mass is 16.5. The molecular weight excluding hydrogens is 272 g/mol. The molecule has 2 aromatic rings. The van der Waals surface area contributed by atoms with Crippen LogP contribution in [0.3, 0.4) is 0 Å². The molecule has 0 unspecified atom stereocenters. The summed E-state index contributed by atoms with van der Waals surface area (Å²) in [5, 5.41) is 10.4. The molecule has 112 valence electrons. The van der Waals surface area contributed by atoms with Crippen molar-refractivity contribution in [1.82, 2.24) is 20.0 Å². The molecule has 0 atom stereocenters. The number of nitrogens with zero attached hydrogens (tertiary/aromatic N) is 4. The van der Waals surface area contributed by atoms with Crippen LogP contribution >= 0.6 is 0 Å². The zero-order valence-corrected chi connectivity index (χ0v) is 12.0. The van der Waals surface area contributed by atoms with E-state index >= 15 is 0 Å². The second-order valence-corrected chi connectivity index (χ2v) is 4.68. The largest absolute Gasteiger partial charge is 0.473 e. The summed E-state index contributed by atoms with van der Waals surface area (Å²) in [5.41, 5.74) is 6.60. The Bertz CT molecular complexity index is 610. The van der Waals surface area contributed by atoms with Gasteiger partial charge in [-0.25, -0.2) is 9.67 Å². The summed E-state index contributed by atoms with van der Waals surface area (Å²) in [6, 6.07) is 3.46. The van der Waals surface area contributed by atoms with Crippen molar-refractivity contribution in [2.75, 3.05) is 5.32 Å². The van der Waals surface area contributed by atoms with Crippen LogP contribution in [-0.4, -0.2) is 32.0 Å². The minimum Gasteiger partial charge on any atom is -0.473 e. The monoisotopic (exact) mass is 290 g/mol. The summed E-state index contributed by atoms with van der Waals surface area (Å²) in [4.78, 5) is 16.1. The summed E-state index contributed by atoms with van der Waals surface area (Å²) in [6.45, 7) is 4.12. The van der Waals surface area contributed by atoms with Crippen molar-refractivity contribution in [3.05, 3.63) is 30.2 Å². The fourth-order valence-corrected chi connectivity index (χ4v) is 1.65. The summed E-state index contributed by atoms with van der Waals surface area (Å²) in [7, 11) is 0. The number of hydrogen-bond donors (Lipinski definition) is 2. The van der Waals surface area contributed by atoms with E-state index in [9.17, 15) is 4.79 Å². The first-order valence-corrected chi connectivity index (χ1v) is 6.59. The lowest BCUT2D eigenvalue weighted by Crippen LogP contribution is -2.20. The molecule has 0 aromatic carbocycles. The lowest BCUT2D eigenvalue weighted by atomic mass is 10.3. The standard InChI is InChI=1S/C13H18N6O2/c1-9(2)21-13-11(4-3-5-15-13)16-12(20)8-19-7-10(6-14)17-18-19/h3-5,7,9H,6,8,14H2,1-2H3,(H,16,20).